The first-order chi connectivity index (χ1) is 15.8. The first-order valence-electron chi connectivity index (χ1n) is 10.6. The van der Waals surface area contributed by atoms with E-state index in [9.17, 15) is 24.6 Å². The minimum Gasteiger partial charge on any atom is -0.548 e. The van der Waals surface area contributed by atoms with Crippen molar-refractivity contribution in [2.45, 2.75) is 39.2 Å². The Morgan fingerprint density at radius 1 is 1.12 bits per heavy atom. The van der Waals surface area contributed by atoms with E-state index < -0.39 is 23.5 Å². The fourth-order valence-corrected chi connectivity index (χ4v) is 4.09. The molecule has 0 saturated carbocycles. The van der Waals surface area contributed by atoms with Gasteiger partial charge in [-0.3, -0.25) is 4.79 Å². The molecule has 8 heteroatoms. The van der Waals surface area contributed by atoms with Crippen LogP contribution in [0.5, 0.6) is 5.75 Å². The van der Waals surface area contributed by atoms with E-state index >= 15 is 0 Å². The van der Waals surface area contributed by atoms with Gasteiger partial charge in [0, 0.05) is 46.5 Å². The summed E-state index contributed by atoms with van der Waals surface area (Å²) in [5.74, 6) is -1.86. The van der Waals surface area contributed by atoms with Gasteiger partial charge in [0.1, 0.15) is 11.3 Å². The van der Waals surface area contributed by atoms with Crippen LogP contribution in [-0.4, -0.2) is 28.0 Å². The van der Waals surface area contributed by atoms with Crippen molar-refractivity contribution < 1.29 is 24.2 Å². The lowest BCUT2D eigenvalue weighted by molar-refractivity contribution is -0.308. The topological polar surface area (TPSA) is 135 Å². The van der Waals surface area contributed by atoms with E-state index in [4.69, 9.17) is 4.42 Å². The number of aliphatic carboxylic acids is 1. The van der Waals surface area contributed by atoms with Gasteiger partial charge >= 0.3 is 5.63 Å². The number of hydrogen-bond donors (Lipinski definition) is 3. The number of aromatic nitrogens is 1. The van der Waals surface area contributed by atoms with Crippen LogP contribution in [0.2, 0.25) is 0 Å². The van der Waals surface area contributed by atoms with Gasteiger partial charge in [0.2, 0.25) is 5.91 Å². The van der Waals surface area contributed by atoms with Gasteiger partial charge in [-0.1, -0.05) is 18.2 Å². The molecule has 0 saturated heterocycles. The molecular formula is C25H23N2O6-. The second-order valence-electron chi connectivity index (χ2n) is 8.08. The number of para-hydroxylation sites is 1. The highest BCUT2D eigenvalue weighted by Gasteiger charge is 2.19. The molecule has 1 amide bonds. The second-order valence-corrected chi connectivity index (χ2v) is 8.08. The van der Waals surface area contributed by atoms with Crippen LogP contribution in [0, 0.1) is 13.8 Å². The van der Waals surface area contributed by atoms with Gasteiger partial charge in [-0.2, -0.15) is 0 Å². The molecule has 0 unspecified atom stereocenters. The van der Waals surface area contributed by atoms with Crippen LogP contribution in [0.15, 0.2) is 51.8 Å². The van der Waals surface area contributed by atoms with E-state index in [1.54, 1.807) is 26.1 Å². The molecule has 170 valence electrons. The van der Waals surface area contributed by atoms with Gasteiger partial charge in [0.25, 0.3) is 0 Å². The summed E-state index contributed by atoms with van der Waals surface area (Å²) in [5, 5.41) is 25.6. The number of carbonyl (C=O) groups excluding carboxylic acids is 2. The van der Waals surface area contributed by atoms with E-state index in [1.807, 2.05) is 24.3 Å². The number of H-pyrrole nitrogens is 1. The maximum absolute atomic E-state index is 12.5. The molecule has 2 aromatic heterocycles. The minimum atomic E-state index is -1.38. The smallest absolute Gasteiger partial charge is 0.339 e. The number of benzene rings is 2. The van der Waals surface area contributed by atoms with E-state index in [-0.39, 0.29) is 25.0 Å². The predicted molar refractivity (Wildman–Crippen MR) is 121 cm³/mol. The molecule has 4 rings (SSSR count). The van der Waals surface area contributed by atoms with E-state index in [0.717, 1.165) is 16.5 Å². The summed E-state index contributed by atoms with van der Waals surface area (Å²) < 4.78 is 5.39. The summed E-state index contributed by atoms with van der Waals surface area (Å²) in [6, 6.07) is 9.45. The number of aryl methyl sites for hydroxylation is 2. The molecule has 0 radical (unpaired) electrons. The van der Waals surface area contributed by atoms with Crippen molar-refractivity contribution in [1.29, 1.82) is 0 Å². The zero-order valence-corrected chi connectivity index (χ0v) is 18.2. The first kappa shape index (κ1) is 22.1. The zero-order valence-electron chi connectivity index (χ0n) is 18.2. The molecule has 1 atom stereocenters. The van der Waals surface area contributed by atoms with Crippen molar-refractivity contribution in [3.05, 3.63) is 75.3 Å². The summed E-state index contributed by atoms with van der Waals surface area (Å²) in [6.45, 7) is 3.41. The molecule has 2 aromatic carbocycles. The van der Waals surface area contributed by atoms with Crippen LogP contribution in [0.1, 0.15) is 28.7 Å². The quantitative estimate of drug-likeness (QED) is 0.371. The van der Waals surface area contributed by atoms with Crippen LogP contribution in [-0.2, 0) is 22.4 Å². The predicted octanol–water partition coefficient (Wildman–Crippen LogP) is 2.01. The van der Waals surface area contributed by atoms with Crippen molar-refractivity contribution in [1.82, 2.24) is 10.3 Å². The van der Waals surface area contributed by atoms with Gasteiger partial charge in [-0.25, -0.2) is 4.79 Å². The van der Waals surface area contributed by atoms with Crippen molar-refractivity contribution >= 4 is 33.7 Å². The molecule has 0 spiro atoms. The number of phenolic OH excluding ortho intramolecular Hbond substituents is 1. The summed E-state index contributed by atoms with van der Waals surface area (Å²) >= 11 is 0. The Kier molecular flexibility index (Phi) is 5.91. The molecule has 0 aliphatic rings. The number of aromatic amines is 1. The van der Waals surface area contributed by atoms with Crippen LogP contribution in [0.25, 0.3) is 21.9 Å². The van der Waals surface area contributed by atoms with Crippen molar-refractivity contribution in [2.75, 3.05) is 0 Å². The van der Waals surface area contributed by atoms with Crippen molar-refractivity contribution in [3.63, 3.8) is 0 Å². The third-order valence-corrected chi connectivity index (χ3v) is 6.00. The molecule has 0 fully saturated rings. The highest BCUT2D eigenvalue weighted by molar-refractivity contribution is 5.87. The molecule has 2 heterocycles. The Balaban J connectivity index is 1.49. The Morgan fingerprint density at radius 2 is 1.88 bits per heavy atom. The third kappa shape index (κ3) is 4.32. The second kappa shape index (κ2) is 8.82. The molecule has 8 nitrogen and oxygen atoms in total. The van der Waals surface area contributed by atoms with Crippen LogP contribution in [0.4, 0.5) is 0 Å². The van der Waals surface area contributed by atoms with Crippen LogP contribution >= 0.6 is 0 Å². The zero-order chi connectivity index (χ0) is 23.7. The van der Waals surface area contributed by atoms with E-state index in [1.165, 1.54) is 6.07 Å². The summed E-state index contributed by atoms with van der Waals surface area (Å²) in [5.41, 5.74) is 2.81. The largest absolute Gasteiger partial charge is 0.548 e. The summed E-state index contributed by atoms with van der Waals surface area (Å²) in [7, 11) is 0. The molecule has 33 heavy (non-hydrogen) atoms. The number of fused-ring (bicyclic) bond motifs is 2. The Hall–Kier alpha value is -4.07. The number of amides is 1. The molecular weight excluding hydrogens is 424 g/mol. The number of nitrogens with one attached hydrogen (secondary N) is 2. The van der Waals surface area contributed by atoms with E-state index in [2.05, 4.69) is 10.3 Å². The highest BCUT2D eigenvalue weighted by atomic mass is 16.4. The van der Waals surface area contributed by atoms with Crippen LogP contribution < -0.4 is 16.0 Å². The maximum atomic E-state index is 12.5. The lowest BCUT2D eigenvalue weighted by atomic mass is 10.00. The van der Waals surface area contributed by atoms with Gasteiger partial charge in [0.15, 0.2) is 0 Å². The number of carboxylic acids is 1. The van der Waals surface area contributed by atoms with Crippen molar-refractivity contribution in [2.24, 2.45) is 0 Å². The van der Waals surface area contributed by atoms with Gasteiger partial charge in [0.05, 0.1) is 12.0 Å². The molecule has 0 aliphatic carbocycles. The van der Waals surface area contributed by atoms with Crippen molar-refractivity contribution in [3.8, 4) is 5.75 Å². The lowest BCUT2D eigenvalue weighted by Gasteiger charge is -2.19. The maximum Gasteiger partial charge on any atom is 0.339 e. The fraction of sp³-hybridized carbons (Fsp3) is 0.240. The third-order valence-electron chi connectivity index (χ3n) is 6.00. The Labute approximate surface area is 188 Å². The fourth-order valence-electron chi connectivity index (χ4n) is 4.09. The van der Waals surface area contributed by atoms with Gasteiger partial charge < -0.3 is 29.7 Å². The molecule has 0 bridgehead atoms. The SMILES string of the molecule is Cc1c(CCC(=O)N[C@@H](Cc2c[nH]c3ccccc23)C(=O)[O-])c(=O)oc2c(C)c(O)ccc12. The summed E-state index contributed by atoms with van der Waals surface area (Å²) in [4.78, 5) is 39.8. The Morgan fingerprint density at radius 3 is 2.64 bits per heavy atom. The standard InChI is InChI=1S/C25H24N2O6/c1-13-16-7-9-21(28)14(2)23(16)33-25(32)17(13)8-10-22(29)27-20(24(30)31)11-15-12-26-19-6-4-3-5-18(15)19/h3-7,9,12,20,26,28H,8,10-11H2,1-2H3,(H,27,29)(H,30,31)/p-1/t20-/m0/s1. The Bertz CT molecular complexity index is 1430. The number of carboxylic acid groups (broad SMARTS) is 1. The number of hydrogen-bond acceptors (Lipinski definition) is 6. The van der Waals surface area contributed by atoms with Gasteiger partial charge in [-0.05, 0) is 49.6 Å². The average molecular weight is 447 g/mol. The number of phenols is 1. The number of carbonyl (C=O) groups is 2. The first-order valence-corrected chi connectivity index (χ1v) is 10.6. The van der Waals surface area contributed by atoms with Gasteiger partial charge in [-0.15, -0.1) is 0 Å². The normalized spacial score (nSPS) is 12.2. The van der Waals surface area contributed by atoms with Crippen LogP contribution in [0.3, 0.4) is 0 Å². The number of aromatic hydroxyl groups is 1. The highest BCUT2D eigenvalue weighted by Crippen LogP contribution is 2.28. The average Bonchev–Trinajstić information content (AvgIpc) is 3.19. The molecule has 3 N–H and O–H groups in total. The summed E-state index contributed by atoms with van der Waals surface area (Å²) in [6.07, 6.45) is 1.78. The molecule has 4 aromatic rings. The van der Waals surface area contributed by atoms with E-state index in [0.29, 0.717) is 27.7 Å². The monoisotopic (exact) mass is 447 g/mol. The molecule has 0 aliphatic heterocycles. The minimum absolute atomic E-state index is 0.0284. The lowest BCUT2D eigenvalue weighted by Crippen LogP contribution is -2.49. The number of rotatable bonds is 7.